The number of thiocarbonyl (C=S) groups is 4. The first-order chi connectivity index (χ1) is 25.8. The molecule has 4 aromatic carbocycles. The smallest absolute Gasteiger partial charge is 0.860 e. The second-order valence-electron chi connectivity index (χ2n) is 11.3. The van der Waals surface area contributed by atoms with Crippen molar-refractivity contribution in [3.63, 3.8) is 0 Å². The molecule has 0 spiro atoms. The maximum atomic E-state index is 12.1. The third-order valence-corrected chi connectivity index (χ3v) is 9.03. The molecule has 0 fully saturated rings. The molecule has 0 radical (unpaired) electrons. The van der Waals surface area contributed by atoms with Crippen LogP contribution in [0.25, 0.3) is 0 Å². The fourth-order valence-electron chi connectivity index (χ4n) is 4.41. The molecule has 0 saturated heterocycles. The molecular weight excluding hydrogens is 807 g/mol. The molecule has 0 aliphatic carbocycles. The monoisotopic (exact) mass is 844 g/mol. The summed E-state index contributed by atoms with van der Waals surface area (Å²) in [4.78, 5) is 25.8. The van der Waals surface area contributed by atoms with E-state index < -0.39 is 36.5 Å². The molecule has 2 amide bonds. The Bertz CT molecular complexity index is 1840. The summed E-state index contributed by atoms with van der Waals surface area (Å²) < 4.78 is 0. The normalized spacial score (nSPS) is 10.4. The van der Waals surface area contributed by atoms with Crippen molar-refractivity contribution in [3.05, 3.63) is 144 Å². The zero-order valence-corrected chi connectivity index (χ0v) is 39.2. The molecule has 0 aliphatic heterocycles. The fraction of sp³-hybridized carbons (Fsp3) is 0.158. The van der Waals surface area contributed by atoms with Crippen LogP contribution < -0.4 is 80.2 Å². The molecule has 4 rings (SSSR count). The van der Waals surface area contributed by atoms with Crippen LogP contribution in [-0.2, 0) is 9.59 Å². The molecule has 18 heteroatoms. The van der Waals surface area contributed by atoms with Gasteiger partial charge >= 0.3 is 59.1 Å². The summed E-state index contributed by atoms with van der Waals surface area (Å²) in [5.74, 6) is -2.23. The molecule has 2 N–H and O–H groups in total. The number of nitrogens with one attached hydrogen (secondary N) is 2. The summed E-state index contributed by atoms with van der Waals surface area (Å²) in [6.45, 7) is 0. The van der Waals surface area contributed by atoms with Gasteiger partial charge in [-0.05, 0) is 11.8 Å². The van der Waals surface area contributed by atoms with Crippen molar-refractivity contribution in [2.45, 2.75) is 12.8 Å². The molecule has 0 heterocycles. The van der Waals surface area contributed by atoms with Crippen molar-refractivity contribution < 1.29 is 78.9 Å². The van der Waals surface area contributed by atoms with Crippen molar-refractivity contribution in [1.82, 2.24) is 30.9 Å². The van der Waals surface area contributed by atoms with Crippen LogP contribution in [0.3, 0.4) is 0 Å². The van der Waals surface area contributed by atoms with Gasteiger partial charge in [-0.2, -0.15) is 10.2 Å². The number of hydrogen-bond acceptors (Lipinski definition) is 10. The van der Waals surface area contributed by atoms with E-state index in [0.29, 0.717) is 20.0 Å². The minimum absolute atomic E-state index is 0. The van der Waals surface area contributed by atoms with Crippen LogP contribution in [0.1, 0.15) is 35.1 Å². The maximum Gasteiger partial charge on any atom is 1.00 e. The number of carbonyl (C=O) groups excluding carboxylic acids is 2. The first-order valence-corrected chi connectivity index (χ1v) is 17.8. The predicted molar refractivity (Wildman–Crippen MR) is 224 cm³/mol. The van der Waals surface area contributed by atoms with E-state index in [0.717, 1.165) is 22.3 Å². The van der Waals surface area contributed by atoms with E-state index in [2.05, 4.69) is 21.1 Å². The maximum absolute atomic E-state index is 12.1. The quantitative estimate of drug-likeness (QED) is 0.0569. The molecule has 4 aromatic rings. The van der Waals surface area contributed by atoms with Crippen LogP contribution in [-0.4, -0.2) is 91.8 Å². The largest absolute Gasteiger partial charge is 1.00 e. The summed E-state index contributed by atoms with van der Waals surface area (Å²) in [6.07, 6.45) is -0.826. The zero-order valence-electron chi connectivity index (χ0n) is 31.9. The molecule has 56 heavy (non-hydrogen) atoms. The second kappa shape index (κ2) is 26.3. The minimum atomic E-state index is -0.604. The van der Waals surface area contributed by atoms with E-state index in [4.69, 9.17) is 48.9 Å². The van der Waals surface area contributed by atoms with Gasteiger partial charge in [0.05, 0.1) is 12.8 Å². The van der Waals surface area contributed by atoms with Crippen LogP contribution in [0.2, 0.25) is 0 Å². The topological polar surface area (TPSA) is 142 Å². The first-order valence-electron chi connectivity index (χ1n) is 16.2. The van der Waals surface area contributed by atoms with Gasteiger partial charge in [-0.15, -0.1) is 0 Å². The molecule has 0 bridgehead atoms. The Kier molecular flexibility index (Phi) is 23.6. The minimum Gasteiger partial charge on any atom is -0.860 e. The molecule has 0 saturated carbocycles. The van der Waals surface area contributed by atoms with E-state index in [1.54, 1.807) is 28.2 Å². The molecule has 0 aromatic heterocycles. The summed E-state index contributed by atoms with van der Waals surface area (Å²) in [6, 6.07) is 36.9. The van der Waals surface area contributed by atoms with Crippen LogP contribution in [0.5, 0.6) is 0 Å². The summed E-state index contributed by atoms with van der Waals surface area (Å²) in [5.41, 5.74) is 8.25. The molecule has 12 nitrogen and oxygen atoms in total. The molecule has 0 atom stereocenters. The summed E-state index contributed by atoms with van der Waals surface area (Å²) in [5, 5.41) is 37.2. The third-order valence-electron chi connectivity index (χ3n) is 7.01. The van der Waals surface area contributed by atoms with Gasteiger partial charge in [0.25, 0.3) is 0 Å². The van der Waals surface area contributed by atoms with Gasteiger partial charge in [0.2, 0.25) is 11.8 Å². The van der Waals surface area contributed by atoms with Crippen molar-refractivity contribution >= 4 is 92.4 Å². The van der Waals surface area contributed by atoms with Crippen molar-refractivity contribution in [2.75, 3.05) is 28.2 Å². The number of amides is 2. The number of hydrazine groups is 2. The average Bonchev–Trinajstić information content (AvgIpc) is 3.17. The summed E-state index contributed by atoms with van der Waals surface area (Å²) in [7, 11) is 6.38. The van der Waals surface area contributed by atoms with Crippen molar-refractivity contribution in [1.29, 1.82) is 0 Å². The zero-order chi connectivity index (χ0) is 39.6. The Labute approximate surface area is 393 Å². The number of nitrogens with zero attached hydrogens (tertiary/aromatic N) is 6. The van der Waals surface area contributed by atoms with Gasteiger partial charge in [0.15, 0.2) is 0 Å². The van der Waals surface area contributed by atoms with Crippen LogP contribution in [0.15, 0.2) is 132 Å². The first kappa shape index (κ1) is 50.3. The van der Waals surface area contributed by atoms with E-state index in [1.807, 2.05) is 121 Å². The summed E-state index contributed by atoms with van der Waals surface area (Å²) >= 11 is 21.2. The Morgan fingerprint density at radius 1 is 0.482 bits per heavy atom. The second-order valence-corrected chi connectivity index (χ2v) is 12.8. The molecule has 0 unspecified atom stereocenters. The van der Waals surface area contributed by atoms with Gasteiger partial charge in [0, 0.05) is 50.4 Å². The van der Waals surface area contributed by atoms with Crippen LogP contribution in [0.4, 0.5) is 0 Å². The standard InChI is InChI=1S/2C19H20N4O2S2.2Na/c2*1-22(18(26)14-9-5-3-6-10-14)20-16(24)13-17(25)21-23(2)19(27)15-11-7-4-8-12-15;;/h2*3-12H,13H2,1-2H3,(H,20,24)(H,21,25);;/q;;2*+1/p-2. The van der Waals surface area contributed by atoms with Gasteiger partial charge < -0.3 is 10.2 Å². The SMILES string of the molecule is CN(N=C([O-])CC(=O)NN(C)C(=S)c1ccccc1)C(=S)c1ccccc1.CN(N=C([O-])CC(=O)NN(C)C(=S)c1ccccc1)C(=S)c1ccccc1.[Na+].[Na+]. The van der Waals surface area contributed by atoms with Gasteiger partial charge in [0.1, 0.15) is 20.0 Å². The van der Waals surface area contributed by atoms with E-state index >= 15 is 0 Å². The molecular formula is C38H38N8Na2O4S4. The van der Waals surface area contributed by atoms with E-state index in [-0.39, 0.29) is 59.1 Å². The Morgan fingerprint density at radius 3 is 0.964 bits per heavy atom. The molecule has 280 valence electrons. The van der Waals surface area contributed by atoms with Gasteiger partial charge in [-0.3, -0.25) is 40.5 Å². The van der Waals surface area contributed by atoms with E-state index in [1.165, 1.54) is 20.0 Å². The Balaban J connectivity index is 0.000000541. The Hall–Kier alpha value is -3.68. The number of hydrazone groups is 2. The number of hydrogen-bond donors (Lipinski definition) is 2. The number of benzene rings is 4. The van der Waals surface area contributed by atoms with Crippen molar-refractivity contribution in [3.8, 4) is 0 Å². The van der Waals surface area contributed by atoms with Crippen LogP contribution in [0, 0.1) is 0 Å². The van der Waals surface area contributed by atoms with Crippen LogP contribution >= 0.6 is 48.9 Å². The van der Waals surface area contributed by atoms with Gasteiger partial charge in [-0.1, -0.05) is 170 Å². The molecule has 0 aliphatic rings. The van der Waals surface area contributed by atoms with Crippen molar-refractivity contribution in [2.24, 2.45) is 10.2 Å². The fourth-order valence-corrected chi connectivity index (χ4v) is 5.13. The number of rotatable bonds is 10. The number of carbonyl (C=O) groups is 2. The van der Waals surface area contributed by atoms with E-state index in [9.17, 15) is 19.8 Å². The predicted octanol–water partition coefficient (Wildman–Crippen LogP) is -2.60. The Morgan fingerprint density at radius 2 is 0.714 bits per heavy atom. The van der Waals surface area contributed by atoms with Gasteiger partial charge in [-0.25, -0.2) is 0 Å². The third kappa shape index (κ3) is 17.2. The average molecular weight is 845 g/mol.